The van der Waals surface area contributed by atoms with Crippen molar-refractivity contribution in [1.29, 1.82) is 0 Å². The van der Waals surface area contributed by atoms with Gasteiger partial charge in [-0.2, -0.15) is 10.2 Å². The van der Waals surface area contributed by atoms with Crippen LogP contribution in [0.5, 0.6) is 11.5 Å². The fraction of sp³-hybridized carbons (Fsp3) is 0.286. The van der Waals surface area contributed by atoms with Crippen LogP contribution in [0.25, 0.3) is 22.0 Å². The Morgan fingerprint density at radius 1 is 1.00 bits per heavy atom. The lowest BCUT2D eigenvalue weighted by Gasteiger charge is -2.12. The first kappa shape index (κ1) is 17.8. The van der Waals surface area contributed by atoms with Crippen molar-refractivity contribution in [1.82, 2.24) is 10.2 Å². The molecule has 0 saturated carbocycles. The summed E-state index contributed by atoms with van der Waals surface area (Å²) in [5.74, 6) is 2.32. The molecule has 0 spiro atoms. The molecule has 1 aliphatic heterocycles. The highest BCUT2D eigenvalue weighted by Crippen LogP contribution is 2.37. The molecule has 1 aliphatic rings. The molecule has 0 saturated heterocycles. The van der Waals surface area contributed by atoms with Crippen LogP contribution in [0.3, 0.4) is 0 Å². The minimum absolute atomic E-state index is 0.00908. The van der Waals surface area contributed by atoms with E-state index in [9.17, 15) is 0 Å². The monoisotopic (exact) mass is 379 g/mol. The maximum atomic E-state index is 5.47. The van der Waals surface area contributed by atoms with Crippen LogP contribution in [-0.2, 0) is 0 Å². The average Bonchev–Trinajstić information content (AvgIpc) is 3.06. The van der Waals surface area contributed by atoms with E-state index in [1.807, 2.05) is 12.1 Å². The summed E-state index contributed by atoms with van der Waals surface area (Å²) in [4.78, 5) is 4.85. The Hall–Kier alpha value is -2.60. The molecular weight excluding hydrogens is 358 g/mol. The number of thioether (sulfide) groups is 1. The molecule has 0 fully saturated rings. The first-order valence-electron chi connectivity index (χ1n) is 8.71. The molecule has 138 valence electrons. The fourth-order valence-electron chi connectivity index (χ4n) is 3.17. The molecule has 0 N–H and O–H groups in total. The van der Waals surface area contributed by atoms with E-state index < -0.39 is 0 Å². The van der Waals surface area contributed by atoms with E-state index in [0.717, 1.165) is 38.4 Å². The third kappa shape index (κ3) is 3.37. The largest absolute Gasteiger partial charge is 0.493 e. The van der Waals surface area contributed by atoms with E-state index in [-0.39, 0.29) is 5.54 Å². The number of benzene rings is 2. The number of fused-ring (bicyclic) bond motifs is 1. The van der Waals surface area contributed by atoms with Gasteiger partial charge in [0, 0.05) is 28.3 Å². The van der Waals surface area contributed by atoms with Crippen molar-refractivity contribution in [3.8, 4) is 22.6 Å². The first-order valence-corrected chi connectivity index (χ1v) is 9.70. The molecule has 0 atom stereocenters. The van der Waals surface area contributed by atoms with Crippen LogP contribution in [0.15, 0.2) is 47.6 Å². The van der Waals surface area contributed by atoms with Crippen LogP contribution in [0.4, 0.5) is 0 Å². The lowest BCUT2D eigenvalue weighted by molar-refractivity contribution is 0.356. The maximum absolute atomic E-state index is 5.47. The molecule has 5 nitrogen and oxygen atoms in total. The highest BCUT2D eigenvalue weighted by atomic mass is 32.2. The van der Waals surface area contributed by atoms with Gasteiger partial charge >= 0.3 is 0 Å². The predicted octanol–water partition coefficient (Wildman–Crippen LogP) is 4.59. The quantitative estimate of drug-likeness (QED) is 0.664. The molecular formula is C21H21N3O2S. The molecule has 1 aromatic heterocycles. The zero-order valence-electron chi connectivity index (χ0n) is 15.8. The number of aliphatic imine (C=N–C) groups is 1. The van der Waals surface area contributed by atoms with Crippen molar-refractivity contribution in [2.75, 3.05) is 20.0 Å². The summed E-state index contributed by atoms with van der Waals surface area (Å²) in [6.07, 6.45) is 1.79. The summed E-state index contributed by atoms with van der Waals surface area (Å²) < 4.78 is 10.9. The maximum Gasteiger partial charge on any atom is 0.162 e. The van der Waals surface area contributed by atoms with Crippen LogP contribution in [0.1, 0.15) is 19.4 Å². The molecule has 27 heavy (non-hydrogen) atoms. The number of hydrogen-bond acceptors (Lipinski definition) is 6. The Balaban J connectivity index is 1.84. The Labute approximate surface area is 162 Å². The molecule has 0 unspecified atom stereocenters. The lowest BCUT2D eigenvalue weighted by Crippen LogP contribution is -2.15. The van der Waals surface area contributed by atoms with Gasteiger partial charge in [0.1, 0.15) is 0 Å². The van der Waals surface area contributed by atoms with Crippen molar-refractivity contribution in [2.24, 2.45) is 4.99 Å². The van der Waals surface area contributed by atoms with Crippen LogP contribution >= 0.6 is 11.8 Å². The third-order valence-corrected chi connectivity index (χ3v) is 5.98. The van der Waals surface area contributed by atoms with Crippen molar-refractivity contribution in [2.45, 2.75) is 19.4 Å². The molecule has 4 rings (SSSR count). The molecule has 0 bridgehead atoms. The molecule has 2 heterocycles. The van der Waals surface area contributed by atoms with Gasteiger partial charge in [0.05, 0.1) is 36.5 Å². The second-order valence-corrected chi connectivity index (χ2v) is 8.05. The van der Waals surface area contributed by atoms with Crippen LogP contribution in [0.2, 0.25) is 0 Å². The minimum Gasteiger partial charge on any atom is -0.493 e. The highest BCUT2D eigenvalue weighted by molar-refractivity contribution is 8.14. The summed E-state index contributed by atoms with van der Waals surface area (Å²) >= 11 is 1.81. The Morgan fingerprint density at radius 3 is 2.44 bits per heavy atom. The van der Waals surface area contributed by atoms with Gasteiger partial charge in [-0.3, -0.25) is 4.99 Å². The van der Waals surface area contributed by atoms with Gasteiger partial charge in [-0.15, -0.1) is 11.8 Å². The third-order valence-electron chi connectivity index (χ3n) is 4.53. The van der Waals surface area contributed by atoms with Crippen LogP contribution in [0, 0.1) is 0 Å². The molecule has 0 radical (unpaired) electrons. The normalized spacial score (nSPS) is 15.6. The number of nitrogens with zero attached hydrogens (tertiary/aromatic N) is 3. The summed E-state index contributed by atoms with van der Waals surface area (Å²) in [7, 11) is 3.25. The summed E-state index contributed by atoms with van der Waals surface area (Å²) in [6.45, 7) is 4.33. The average molecular weight is 379 g/mol. The van der Waals surface area contributed by atoms with Crippen molar-refractivity contribution >= 4 is 27.7 Å². The van der Waals surface area contributed by atoms with E-state index in [2.05, 4.69) is 48.3 Å². The van der Waals surface area contributed by atoms with Crippen molar-refractivity contribution in [3.05, 3.63) is 48.2 Å². The molecule has 3 aromatic rings. The summed E-state index contributed by atoms with van der Waals surface area (Å²) in [5.41, 5.74) is 3.97. The lowest BCUT2D eigenvalue weighted by atomic mass is 10.0. The van der Waals surface area contributed by atoms with Crippen molar-refractivity contribution in [3.63, 3.8) is 0 Å². The summed E-state index contributed by atoms with van der Waals surface area (Å²) in [5, 5.41) is 10.5. The van der Waals surface area contributed by atoms with Gasteiger partial charge in [0.15, 0.2) is 11.5 Å². The first-order chi connectivity index (χ1) is 13.0. The number of ether oxygens (including phenoxy) is 2. The fourth-order valence-corrected chi connectivity index (χ4v) is 4.33. The van der Waals surface area contributed by atoms with Gasteiger partial charge < -0.3 is 9.47 Å². The zero-order chi connectivity index (χ0) is 19.0. The summed E-state index contributed by atoms with van der Waals surface area (Å²) in [6, 6.07) is 12.2. The Bertz CT molecular complexity index is 1050. The van der Waals surface area contributed by atoms with Crippen LogP contribution < -0.4 is 9.47 Å². The van der Waals surface area contributed by atoms with Crippen molar-refractivity contribution < 1.29 is 9.47 Å². The van der Waals surface area contributed by atoms with Gasteiger partial charge in [-0.1, -0.05) is 18.2 Å². The molecule has 0 aliphatic carbocycles. The second kappa shape index (κ2) is 6.85. The molecule has 6 heteroatoms. The molecule has 2 aromatic carbocycles. The minimum atomic E-state index is -0.00908. The predicted molar refractivity (Wildman–Crippen MR) is 111 cm³/mol. The Morgan fingerprint density at radius 2 is 1.74 bits per heavy atom. The highest BCUT2D eigenvalue weighted by Gasteiger charge is 2.26. The number of methoxy groups -OCH3 is 2. The second-order valence-electron chi connectivity index (χ2n) is 7.08. The van der Waals surface area contributed by atoms with E-state index in [1.165, 1.54) is 0 Å². The van der Waals surface area contributed by atoms with Crippen LogP contribution in [-0.4, -0.2) is 40.8 Å². The Kier molecular flexibility index (Phi) is 4.52. The van der Waals surface area contributed by atoms with E-state index in [0.29, 0.717) is 11.5 Å². The van der Waals surface area contributed by atoms with Gasteiger partial charge in [0.25, 0.3) is 0 Å². The van der Waals surface area contributed by atoms with Gasteiger partial charge in [0.2, 0.25) is 0 Å². The van der Waals surface area contributed by atoms with E-state index in [1.54, 1.807) is 32.2 Å². The SMILES string of the molecule is COc1cc2nncc(-c3cccc(C4=NC(C)(C)CS4)c3)c2cc1OC. The zero-order valence-corrected chi connectivity index (χ0v) is 16.6. The van der Waals surface area contributed by atoms with E-state index in [4.69, 9.17) is 14.5 Å². The van der Waals surface area contributed by atoms with Gasteiger partial charge in [-0.05, 0) is 31.5 Å². The van der Waals surface area contributed by atoms with Gasteiger partial charge in [-0.25, -0.2) is 0 Å². The number of hydrogen-bond donors (Lipinski definition) is 0. The number of aromatic nitrogens is 2. The standard InChI is InChI=1S/C21H21N3O2S/c1-21(2)12-27-20(23-21)14-7-5-6-13(8-14)16-11-22-24-17-10-19(26-4)18(25-3)9-15(16)17/h5-11H,12H2,1-4H3. The molecule has 0 amide bonds. The topological polar surface area (TPSA) is 56.6 Å². The smallest absolute Gasteiger partial charge is 0.162 e. The van der Waals surface area contributed by atoms with E-state index >= 15 is 0 Å². The number of rotatable bonds is 4.